The van der Waals surface area contributed by atoms with E-state index in [-0.39, 0.29) is 17.4 Å². The highest BCUT2D eigenvalue weighted by atomic mass is 16.4. The van der Waals surface area contributed by atoms with Crippen LogP contribution in [-0.2, 0) is 6.54 Å². The minimum absolute atomic E-state index is 0.101. The largest absolute Gasteiger partial charge is 0.477 e. The van der Waals surface area contributed by atoms with E-state index in [0.29, 0.717) is 12.1 Å². The van der Waals surface area contributed by atoms with Gasteiger partial charge in [-0.1, -0.05) is 26.2 Å². The number of hydrogen-bond acceptors (Lipinski definition) is 2. The Labute approximate surface area is 113 Å². The summed E-state index contributed by atoms with van der Waals surface area (Å²) in [7, 11) is 0. The van der Waals surface area contributed by atoms with Crippen molar-refractivity contribution in [3.05, 3.63) is 23.5 Å². The van der Waals surface area contributed by atoms with Crippen molar-refractivity contribution in [1.29, 1.82) is 0 Å². The van der Waals surface area contributed by atoms with Gasteiger partial charge < -0.3 is 9.67 Å². The fraction of sp³-hybridized carbons (Fsp3) is 0.600. The van der Waals surface area contributed by atoms with Crippen LogP contribution in [0.25, 0.3) is 0 Å². The van der Waals surface area contributed by atoms with Crippen molar-refractivity contribution in [3.63, 3.8) is 0 Å². The Morgan fingerprint density at radius 3 is 2.63 bits per heavy atom. The van der Waals surface area contributed by atoms with E-state index in [9.17, 15) is 14.7 Å². The van der Waals surface area contributed by atoms with Crippen LogP contribution < -0.4 is 0 Å². The van der Waals surface area contributed by atoms with Gasteiger partial charge in [0.2, 0.25) is 0 Å². The lowest BCUT2D eigenvalue weighted by Crippen LogP contribution is -2.10. The maximum atomic E-state index is 12.3. The maximum absolute atomic E-state index is 12.3. The first kappa shape index (κ1) is 13.8. The van der Waals surface area contributed by atoms with Crippen LogP contribution in [0.15, 0.2) is 12.3 Å². The lowest BCUT2D eigenvalue weighted by molar-refractivity contribution is 0.0685. The second-order valence-electron chi connectivity index (χ2n) is 5.31. The van der Waals surface area contributed by atoms with Gasteiger partial charge >= 0.3 is 5.97 Å². The second kappa shape index (κ2) is 6.04. The molecule has 4 nitrogen and oxygen atoms in total. The first-order chi connectivity index (χ1) is 9.13. The molecule has 0 aromatic carbocycles. The second-order valence-corrected chi connectivity index (χ2v) is 5.31. The van der Waals surface area contributed by atoms with Crippen molar-refractivity contribution in [2.45, 2.75) is 52.0 Å². The van der Waals surface area contributed by atoms with Gasteiger partial charge in [0.1, 0.15) is 5.69 Å². The zero-order valence-corrected chi connectivity index (χ0v) is 11.4. The number of carbonyl (C=O) groups is 2. The minimum Gasteiger partial charge on any atom is -0.477 e. The molecule has 1 aromatic heterocycles. The number of unbranched alkanes of at least 4 members (excludes halogenated alkanes) is 1. The van der Waals surface area contributed by atoms with Crippen LogP contribution in [0.4, 0.5) is 0 Å². The first-order valence-corrected chi connectivity index (χ1v) is 7.11. The van der Waals surface area contributed by atoms with Gasteiger partial charge in [-0.05, 0) is 25.3 Å². The van der Waals surface area contributed by atoms with E-state index in [1.165, 1.54) is 0 Å². The molecule has 104 valence electrons. The fourth-order valence-electron chi connectivity index (χ4n) is 2.76. The van der Waals surface area contributed by atoms with Gasteiger partial charge in [0.05, 0.1) is 0 Å². The number of carbonyl (C=O) groups excluding carboxylic acids is 1. The molecule has 19 heavy (non-hydrogen) atoms. The number of nitrogens with zero attached hydrogens (tertiary/aromatic N) is 1. The van der Waals surface area contributed by atoms with Crippen molar-refractivity contribution < 1.29 is 14.7 Å². The molecule has 1 aliphatic rings. The molecule has 0 spiro atoms. The van der Waals surface area contributed by atoms with Crippen LogP contribution in [0.2, 0.25) is 0 Å². The maximum Gasteiger partial charge on any atom is 0.352 e. The highest BCUT2D eigenvalue weighted by Crippen LogP contribution is 2.28. The van der Waals surface area contributed by atoms with Crippen molar-refractivity contribution in [2.24, 2.45) is 5.92 Å². The molecule has 0 unspecified atom stereocenters. The summed E-state index contributed by atoms with van der Waals surface area (Å²) in [6.07, 6.45) is 7.76. The number of aromatic nitrogens is 1. The summed E-state index contributed by atoms with van der Waals surface area (Å²) < 4.78 is 1.70. The topological polar surface area (TPSA) is 59.3 Å². The van der Waals surface area contributed by atoms with Crippen LogP contribution in [0, 0.1) is 5.92 Å². The number of hydrogen-bond donors (Lipinski definition) is 1. The minimum atomic E-state index is -0.957. The van der Waals surface area contributed by atoms with Gasteiger partial charge in [-0.25, -0.2) is 4.79 Å². The predicted octanol–water partition coefficient (Wildman–Crippen LogP) is 3.36. The van der Waals surface area contributed by atoms with Gasteiger partial charge in [0.25, 0.3) is 0 Å². The summed E-state index contributed by atoms with van der Waals surface area (Å²) in [5.41, 5.74) is 0.801. The van der Waals surface area contributed by atoms with Crippen LogP contribution in [0.1, 0.15) is 66.3 Å². The standard InChI is InChI=1S/C15H21NO3/c1-2-3-8-16-10-12(9-13(16)15(18)19)14(17)11-6-4-5-7-11/h9-11H,2-8H2,1H3,(H,18,19). The number of ketones is 1. The Bertz CT molecular complexity index is 470. The summed E-state index contributed by atoms with van der Waals surface area (Å²) in [6, 6.07) is 1.54. The molecule has 1 aliphatic carbocycles. The number of aromatic carboxylic acids is 1. The molecule has 0 radical (unpaired) electrons. The van der Waals surface area contributed by atoms with Crippen molar-refractivity contribution in [2.75, 3.05) is 0 Å². The first-order valence-electron chi connectivity index (χ1n) is 7.11. The average Bonchev–Trinajstić information content (AvgIpc) is 3.04. The Morgan fingerprint density at radius 1 is 1.37 bits per heavy atom. The summed E-state index contributed by atoms with van der Waals surface area (Å²) in [6.45, 7) is 2.73. The van der Waals surface area contributed by atoms with Crippen molar-refractivity contribution in [1.82, 2.24) is 4.57 Å². The molecule has 2 rings (SSSR count). The number of Topliss-reactive ketones (excluding diaryl/α,β-unsaturated/α-hetero) is 1. The Morgan fingerprint density at radius 2 is 2.05 bits per heavy atom. The molecule has 1 heterocycles. The van der Waals surface area contributed by atoms with Crippen LogP contribution >= 0.6 is 0 Å². The van der Waals surface area contributed by atoms with Gasteiger partial charge in [0, 0.05) is 24.2 Å². The Kier molecular flexibility index (Phi) is 4.40. The van der Waals surface area contributed by atoms with E-state index in [4.69, 9.17) is 0 Å². The van der Waals surface area contributed by atoms with Crippen molar-refractivity contribution >= 4 is 11.8 Å². The van der Waals surface area contributed by atoms with Crippen LogP contribution in [-0.4, -0.2) is 21.4 Å². The van der Waals surface area contributed by atoms with Gasteiger partial charge in [-0.3, -0.25) is 4.79 Å². The molecule has 0 atom stereocenters. The van der Waals surface area contributed by atoms with E-state index in [1.54, 1.807) is 16.8 Å². The van der Waals surface area contributed by atoms with E-state index in [2.05, 4.69) is 6.92 Å². The number of carboxylic acids is 1. The van der Waals surface area contributed by atoms with Gasteiger partial charge in [-0.15, -0.1) is 0 Å². The van der Waals surface area contributed by atoms with Crippen molar-refractivity contribution in [3.8, 4) is 0 Å². The normalized spacial score (nSPS) is 15.8. The number of carboxylic acid groups (broad SMARTS) is 1. The molecule has 1 saturated carbocycles. The third kappa shape index (κ3) is 3.06. The summed E-state index contributed by atoms with van der Waals surface area (Å²) in [5.74, 6) is -0.736. The fourth-order valence-corrected chi connectivity index (χ4v) is 2.76. The molecule has 0 bridgehead atoms. The molecule has 1 N–H and O–H groups in total. The van der Waals surface area contributed by atoms with E-state index in [0.717, 1.165) is 38.5 Å². The molecule has 4 heteroatoms. The van der Waals surface area contributed by atoms with Gasteiger partial charge in [0.15, 0.2) is 5.78 Å². The third-order valence-corrected chi connectivity index (χ3v) is 3.88. The number of rotatable bonds is 6. The van der Waals surface area contributed by atoms with Gasteiger partial charge in [-0.2, -0.15) is 0 Å². The Balaban J connectivity index is 2.20. The third-order valence-electron chi connectivity index (χ3n) is 3.88. The van der Waals surface area contributed by atoms with Crippen LogP contribution in [0.3, 0.4) is 0 Å². The molecular formula is C15H21NO3. The highest BCUT2D eigenvalue weighted by Gasteiger charge is 2.26. The quantitative estimate of drug-likeness (QED) is 0.800. The lowest BCUT2D eigenvalue weighted by Gasteiger charge is -2.05. The summed E-state index contributed by atoms with van der Waals surface area (Å²) in [5, 5.41) is 9.19. The summed E-state index contributed by atoms with van der Waals surface area (Å²) >= 11 is 0. The molecule has 1 fully saturated rings. The predicted molar refractivity (Wildman–Crippen MR) is 72.6 cm³/mol. The Hall–Kier alpha value is -1.58. The number of aryl methyl sites for hydroxylation is 1. The zero-order chi connectivity index (χ0) is 13.8. The molecule has 0 aliphatic heterocycles. The molecular weight excluding hydrogens is 242 g/mol. The monoisotopic (exact) mass is 263 g/mol. The van der Waals surface area contributed by atoms with Crippen LogP contribution in [0.5, 0.6) is 0 Å². The smallest absolute Gasteiger partial charge is 0.352 e. The van der Waals surface area contributed by atoms with E-state index >= 15 is 0 Å². The SMILES string of the molecule is CCCCn1cc(C(=O)C2CCCC2)cc1C(=O)O. The molecule has 1 aromatic rings. The molecule has 0 amide bonds. The van der Waals surface area contributed by atoms with E-state index in [1.807, 2.05) is 0 Å². The highest BCUT2D eigenvalue weighted by molar-refractivity contribution is 6.00. The zero-order valence-electron chi connectivity index (χ0n) is 11.4. The van der Waals surface area contributed by atoms with E-state index < -0.39 is 5.97 Å². The molecule has 0 saturated heterocycles. The average molecular weight is 263 g/mol. The lowest BCUT2D eigenvalue weighted by atomic mass is 9.98. The summed E-state index contributed by atoms with van der Waals surface area (Å²) in [4.78, 5) is 23.5.